The van der Waals surface area contributed by atoms with Gasteiger partial charge in [-0.05, 0) is 60.5 Å². The van der Waals surface area contributed by atoms with Crippen LogP contribution < -0.4 is 10.0 Å². The normalized spacial score (nSPS) is 15.3. The van der Waals surface area contributed by atoms with Crippen molar-refractivity contribution >= 4 is 46.2 Å². The number of hydrogen-bond donors (Lipinski definition) is 0. The Labute approximate surface area is 228 Å². The second kappa shape index (κ2) is 11.0. The quantitative estimate of drug-likeness (QED) is 0.177. The average Bonchev–Trinajstić information content (AvgIpc) is 3.19. The van der Waals surface area contributed by atoms with Crippen LogP contribution in [0, 0.1) is 5.41 Å². The van der Waals surface area contributed by atoms with Crippen molar-refractivity contribution in [3.05, 3.63) is 126 Å². The first-order valence-electron chi connectivity index (χ1n) is 12.8. The highest BCUT2D eigenvalue weighted by Crippen LogP contribution is 2.45. The molecule has 0 atom stereocenters. The molecule has 0 bridgehead atoms. The van der Waals surface area contributed by atoms with Crippen LogP contribution in [-0.2, 0) is 9.59 Å². The van der Waals surface area contributed by atoms with E-state index in [0.29, 0.717) is 46.2 Å². The van der Waals surface area contributed by atoms with Crippen LogP contribution in [-0.4, -0.2) is 17.5 Å². The molecule has 38 heavy (non-hydrogen) atoms. The Bertz CT molecular complexity index is 1380. The maximum Gasteiger partial charge on any atom is 0.268 e. The number of carbonyl (C=O) groups excluding carboxylic acids is 2. The van der Waals surface area contributed by atoms with Gasteiger partial charge < -0.3 is 0 Å². The smallest absolute Gasteiger partial charge is 0.268 e. The third kappa shape index (κ3) is 4.61. The first-order chi connectivity index (χ1) is 18.6. The van der Waals surface area contributed by atoms with E-state index in [-0.39, 0.29) is 11.8 Å². The number of hydrazine groups is 1. The molecule has 0 aromatic heterocycles. The van der Waals surface area contributed by atoms with Crippen LogP contribution in [0.1, 0.15) is 31.7 Å². The fourth-order valence-electron chi connectivity index (χ4n) is 4.86. The van der Waals surface area contributed by atoms with Crippen LogP contribution in [0.5, 0.6) is 0 Å². The molecule has 4 aromatic rings. The molecule has 6 heteroatoms. The number of nitrogens with zero attached hydrogens (tertiary/aromatic N) is 3. The van der Waals surface area contributed by atoms with Crippen molar-refractivity contribution in [2.24, 2.45) is 10.4 Å². The molecule has 5 rings (SSSR count). The van der Waals surface area contributed by atoms with Crippen LogP contribution in [0.15, 0.2) is 120 Å². The SMILES string of the molecule is CCCCC1(C(=Nc2ccccc2)c2ccc(Cl)cc2)C(=O)N(c2ccccc2)N(c2ccccc2)C1=O. The van der Waals surface area contributed by atoms with E-state index in [4.69, 9.17) is 16.6 Å². The number of halogens is 1. The van der Waals surface area contributed by atoms with E-state index in [1.807, 2.05) is 103 Å². The standard InChI is InChI=1S/C32H28ClN3O2/c1-2-3-23-32(29(24-19-21-25(33)22-20-24)34-26-13-7-4-8-14-26)30(37)35(27-15-9-5-10-16-27)36(31(32)38)28-17-11-6-12-18-28/h4-22H,2-3,23H2,1H3. The first kappa shape index (κ1) is 25.4. The number of hydrogen-bond acceptors (Lipinski definition) is 3. The van der Waals surface area contributed by atoms with E-state index in [1.54, 1.807) is 12.1 Å². The topological polar surface area (TPSA) is 53.0 Å². The Morgan fingerprint density at radius 3 is 1.66 bits per heavy atom. The minimum absolute atomic E-state index is 0.322. The van der Waals surface area contributed by atoms with Gasteiger partial charge in [0.05, 0.1) is 22.8 Å². The molecule has 1 aliphatic heterocycles. The van der Waals surface area contributed by atoms with Crippen LogP contribution in [0.2, 0.25) is 5.02 Å². The van der Waals surface area contributed by atoms with Crippen molar-refractivity contribution in [3.8, 4) is 0 Å². The zero-order chi connectivity index (χ0) is 26.5. The molecular weight excluding hydrogens is 494 g/mol. The number of aliphatic imine (C=N–C) groups is 1. The first-order valence-corrected chi connectivity index (χ1v) is 13.1. The minimum atomic E-state index is -1.54. The maximum atomic E-state index is 14.8. The Hall–Kier alpha value is -4.22. The lowest BCUT2D eigenvalue weighted by Gasteiger charge is -2.27. The van der Waals surface area contributed by atoms with Gasteiger partial charge in [-0.2, -0.15) is 0 Å². The van der Waals surface area contributed by atoms with Gasteiger partial charge in [-0.3, -0.25) is 14.6 Å². The summed E-state index contributed by atoms with van der Waals surface area (Å²) >= 11 is 6.23. The fraction of sp³-hybridized carbons (Fsp3) is 0.156. The Morgan fingerprint density at radius 1 is 0.711 bits per heavy atom. The summed E-state index contributed by atoms with van der Waals surface area (Å²) in [4.78, 5) is 34.5. The van der Waals surface area contributed by atoms with Crippen LogP contribution in [0.4, 0.5) is 17.1 Å². The van der Waals surface area contributed by atoms with E-state index in [1.165, 1.54) is 10.0 Å². The number of benzene rings is 4. The zero-order valence-corrected chi connectivity index (χ0v) is 21.9. The number of para-hydroxylation sites is 3. The predicted molar refractivity (Wildman–Crippen MR) is 154 cm³/mol. The monoisotopic (exact) mass is 521 g/mol. The van der Waals surface area contributed by atoms with Gasteiger partial charge in [-0.25, -0.2) is 10.0 Å². The summed E-state index contributed by atoms with van der Waals surface area (Å²) in [6.45, 7) is 2.05. The van der Waals surface area contributed by atoms with Crippen molar-refractivity contribution in [2.75, 3.05) is 10.0 Å². The molecule has 0 unspecified atom stereocenters. The lowest BCUT2D eigenvalue weighted by molar-refractivity contribution is -0.130. The van der Waals surface area contributed by atoms with Gasteiger partial charge in [0.1, 0.15) is 0 Å². The average molecular weight is 522 g/mol. The molecule has 4 aromatic carbocycles. The molecule has 0 N–H and O–H groups in total. The lowest BCUT2D eigenvalue weighted by Crippen LogP contribution is -2.45. The highest BCUT2D eigenvalue weighted by molar-refractivity contribution is 6.40. The van der Waals surface area contributed by atoms with Crippen LogP contribution in [0.25, 0.3) is 0 Å². The van der Waals surface area contributed by atoms with E-state index in [2.05, 4.69) is 6.92 Å². The van der Waals surface area contributed by atoms with Crippen molar-refractivity contribution in [1.82, 2.24) is 0 Å². The Balaban J connectivity index is 1.79. The van der Waals surface area contributed by atoms with Gasteiger partial charge in [0, 0.05) is 5.02 Å². The number of unbranched alkanes of at least 4 members (excludes halogenated alkanes) is 1. The van der Waals surface area contributed by atoms with Gasteiger partial charge in [0.2, 0.25) is 0 Å². The van der Waals surface area contributed by atoms with Gasteiger partial charge in [0.25, 0.3) is 11.8 Å². The van der Waals surface area contributed by atoms with Crippen LogP contribution >= 0.6 is 11.6 Å². The zero-order valence-electron chi connectivity index (χ0n) is 21.1. The third-order valence-corrected chi connectivity index (χ3v) is 6.99. The molecule has 2 amide bonds. The molecule has 1 heterocycles. The van der Waals surface area contributed by atoms with Gasteiger partial charge in [-0.1, -0.05) is 98.1 Å². The van der Waals surface area contributed by atoms with Gasteiger partial charge in [0.15, 0.2) is 5.41 Å². The summed E-state index contributed by atoms with van der Waals surface area (Å²) in [5.41, 5.74) is 1.46. The molecule has 5 nitrogen and oxygen atoms in total. The third-order valence-electron chi connectivity index (χ3n) is 6.74. The summed E-state index contributed by atoms with van der Waals surface area (Å²) in [6, 6.07) is 35.2. The molecule has 0 radical (unpaired) electrons. The van der Waals surface area contributed by atoms with Gasteiger partial charge in [-0.15, -0.1) is 0 Å². The minimum Gasteiger partial charge on any atom is -0.271 e. The number of amides is 2. The van der Waals surface area contributed by atoms with Crippen LogP contribution in [0.3, 0.4) is 0 Å². The summed E-state index contributed by atoms with van der Waals surface area (Å²) in [7, 11) is 0. The molecule has 1 fully saturated rings. The van der Waals surface area contributed by atoms with Crippen molar-refractivity contribution in [2.45, 2.75) is 26.2 Å². The summed E-state index contributed by atoms with van der Waals surface area (Å²) < 4.78 is 0. The largest absolute Gasteiger partial charge is 0.271 e. The van der Waals surface area contributed by atoms with E-state index in [0.717, 1.165) is 6.42 Å². The highest BCUT2D eigenvalue weighted by Gasteiger charge is 2.62. The summed E-state index contributed by atoms with van der Waals surface area (Å²) in [5.74, 6) is -0.647. The van der Waals surface area contributed by atoms with Crippen molar-refractivity contribution < 1.29 is 9.59 Å². The molecule has 1 aliphatic rings. The fourth-order valence-corrected chi connectivity index (χ4v) is 4.99. The highest BCUT2D eigenvalue weighted by atomic mass is 35.5. The second-order valence-corrected chi connectivity index (χ2v) is 9.65. The van der Waals surface area contributed by atoms with Crippen molar-refractivity contribution in [1.29, 1.82) is 0 Å². The second-order valence-electron chi connectivity index (χ2n) is 9.22. The maximum absolute atomic E-state index is 14.8. The molecule has 0 aliphatic carbocycles. The Kier molecular flexibility index (Phi) is 7.38. The lowest BCUT2D eigenvalue weighted by atomic mass is 9.74. The van der Waals surface area contributed by atoms with E-state index < -0.39 is 5.41 Å². The van der Waals surface area contributed by atoms with E-state index >= 15 is 0 Å². The molecular formula is C32H28ClN3O2. The molecule has 1 saturated heterocycles. The Morgan fingerprint density at radius 2 is 1.18 bits per heavy atom. The predicted octanol–water partition coefficient (Wildman–Crippen LogP) is 7.63. The number of carbonyl (C=O) groups is 2. The molecule has 0 saturated carbocycles. The van der Waals surface area contributed by atoms with Crippen molar-refractivity contribution in [3.63, 3.8) is 0 Å². The molecule has 190 valence electrons. The summed E-state index contributed by atoms with van der Waals surface area (Å²) in [6.07, 6.45) is 1.81. The van der Waals surface area contributed by atoms with E-state index in [9.17, 15) is 9.59 Å². The number of rotatable bonds is 8. The van der Waals surface area contributed by atoms with Gasteiger partial charge >= 0.3 is 0 Å². The molecule has 0 spiro atoms. The number of anilines is 2. The summed E-state index contributed by atoms with van der Waals surface area (Å²) in [5, 5.41) is 3.57.